The van der Waals surface area contributed by atoms with Gasteiger partial charge in [0.25, 0.3) is 0 Å². The Hall–Kier alpha value is -0.870. The topological polar surface area (TPSA) is 33.1 Å². The number of hydrogen-bond acceptors (Lipinski definition) is 3. The summed E-state index contributed by atoms with van der Waals surface area (Å²) in [5.41, 5.74) is 1.29. The molecule has 0 bridgehead atoms. The SMILES string of the molecule is CCCNCc1cncn1CCN(C)C1CC1. The molecule has 0 atom stereocenters. The van der Waals surface area contributed by atoms with Gasteiger partial charge in [0.2, 0.25) is 0 Å². The minimum absolute atomic E-state index is 0.847. The van der Waals surface area contributed by atoms with Crippen LogP contribution in [-0.2, 0) is 13.1 Å². The molecule has 0 aliphatic heterocycles. The van der Waals surface area contributed by atoms with Gasteiger partial charge in [0.15, 0.2) is 0 Å². The van der Waals surface area contributed by atoms with E-state index in [4.69, 9.17) is 0 Å². The molecule has 0 saturated heterocycles. The van der Waals surface area contributed by atoms with E-state index in [9.17, 15) is 0 Å². The Labute approximate surface area is 104 Å². The monoisotopic (exact) mass is 236 g/mol. The molecule has 2 rings (SSSR count). The average Bonchev–Trinajstić information content (AvgIpc) is 3.09. The van der Waals surface area contributed by atoms with Gasteiger partial charge in [-0.15, -0.1) is 0 Å². The van der Waals surface area contributed by atoms with E-state index in [0.717, 1.165) is 32.2 Å². The normalized spacial score (nSPS) is 15.7. The molecule has 4 nitrogen and oxygen atoms in total. The van der Waals surface area contributed by atoms with Gasteiger partial charge in [-0.3, -0.25) is 0 Å². The molecule has 1 fully saturated rings. The third-order valence-corrected chi connectivity index (χ3v) is 3.40. The first-order valence-electron chi connectivity index (χ1n) is 6.71. The first-order valence-corrected chi connectivity index (χ1v) is 6.71. The fourth-order valence-electron chi connectivity index (χ4n) is 2.05. The highest BCUT2D eigenvalue weighted by atomic mass is 15.2. The molecule has 1 aliphatic carbocycles. The Bertz CT molecular complexity index is 330. The van der Waals surface area contributed by atoms with E-state index in [1.807, 2.05) is 12.5 Å². The lowest BCUT2D eigenvalue weighted by atomic mass is 10.4. The highest BCUT2D eigenvalue weighted by Gasteiger charge is 2.25. The summed E-state index contributed by atoms with van der Waals surface area (Å²) in [6, 6.07) is 0.847. The van der Waals surface area contributed by atoms with E-state index in [0.29, 0.717) is 0 Å². The molecule has 0 amide bonds. The quantitative estimate of drug-likeness (QED) is 0.694. The Morgan fingerprint density at radius 2 is 2.35 bits per heavy atom. The standard InChI is InChI=1S/C13H24N4/c1-3-6-14-9-13-10-15-11-17(13)8-7-16(2)12-4-5-12/h10-12,14H,3-9H2,1-2H3. The van der Waals surface area contributed by atoms with Crippen molar-refractivity contribution in [2.24, 2.45) is 0 Å². The van der Waals surface area contributed by atoms with Crippen LogP contribution in [0.5, 0.6) is 0 Å². The highest BCUT2D eigenvalue weighted by molar-refractivity contribution is 4.98. The summed E-state index contributed by atoms with van der Waals surface area (Å²) in [6.45, 7) is 6.38. The number of hydrogen-bond donors (Lipinski definition) is 1. The van der Waals surface area contributed by atoms with Crippen LogP contribution in [0.1, 0.15) is 31.9 Å². The van der Waals surface area contributed by atoms with E-state index >= 15 is 0 Å². The van der Waals surface area contributed by atoms with Crippen LogP contribution in [0.2, 0.25) is 0 Å². The van der Waals surface area contributed by atoms with Crippen LogP contribution < -0.4 is 5.32 Å². The second-order valence-electron chi connectivity index (χ2n) is 4.97. The third-order valence-electron chi connectivity index (χ3n) is 3.40. The van der Waals surface area contributed by atoms with Crippen LogP contribution >= 0.6 is 0 Å². The fraction of sp³-hybridized carbons (Fsp3) is 0.769. The Morgan fingerprint density at radius 1 is 1.53 bits per heavy atom. The van der Waals surface area contributed by atoms with Crippen molar-refractivity contribution >= 4 is 0 Å². The zero-order chi connectivity index (χ0) is 12.1. The predicted octanol–water partition coefficient (Wildman–Crippen LogP) is 1.48. The first-order chi connectivity index (χ1) is 8.31. The molecule has 96 valence electrons. The van der Waals surface area contributed by atoms with Gasteiger partial charge in [0.1, 0.15) is 0 Å². The number of likely N-dealkylation sites (N-methyl/N-ethyl adjacent to an activating group) is 1. The summed E-state index contributed by atoms with van der Waals surface area (Å²) in [5, 5.41) is 3.43. The van der Waals surface area contributed by atoms with Crippen molar-refractivity contribution in [2.45, 2.75) is 45.3 Å². The van der Waals surface area contributed by atoms with Crippen molar-refractivity contribution in [3.8, 4) is 0 Å². The summed E-state index contributed by atoms with van der Waals surface area (Å²) in [5.74, 6) is 0. The molecule has 1 aromatic rings. The van der Waals surface area contributed by atoms with E-state index in [-0.39, 0.29) is 0 Å². The number of nitrogens with one attached hydrogen (secondary N) is 1. The molecule has 0 unspecified atom stereocenters. The third kappa shape index (κ3) is 3.82. The molecule has 0 spiro atoms. The lowest BCUT2D eigenvalue weighted by Crippen LogP contribution is -2.26. The second kappa shape index (κ2) is 6.17. The maximum atomic E-state index is 4.24. The molecule has 0 aromatic carbocycles. The average molecular weight is 236 g/mol. The van der Waals surface area contributed by atoms with Gasteiger partial charge in [-0.1, -0.05) is 6.92 Å². The molecule has 17 heavy (non-hydrogen) atoms. The minimum atomic E-state index is 0.847. The summed E-state index contributed by atoms with van der Waals surface area (Å²) < 4.78 is 2.27. The van der Waals surface area contributed by atoms with E-state index < -0.39 is 0 Å². The van der Waals surface area contributed by atoms with Crippen molar-refractivity contribution in [3.63, 3.8) is 0 Å². The molecule has 1 heterocycles. The molecule has 1 aromatic heterocycles. The number of aromatic nitrogens is 2. The number of nitrogens with zero attached hydrogens (tertiary/aromatic N) is 3. The van der Waals surface area contributed by atoms with E-state index in [2.05, 4.69) is 33.7 Å². The molecular weight excluding hydrogens is 212 g/mol. The summed E-state index contributed by atoms with van der Waals surface area (Å²) >= 11 is 0. The second-order valence-corrected chi connectivity index (χ2v) is 4.97. The zero-order valence-electron chi connectivity index (χ0n) is 11.0. The van der Waals surface area contributed by atoms with Gasteiger partial charge in [-0.05, 0) is 32.9 Å². The van der Waals surface area contributed by atoms with Crippen molar-refractivity contribution in [1.82, 2.24) is 19.8 Å². The molecule has 1 aliphatic rings. The predicted molar refractivity (Wildman–Crippen MR) is 69.9 cm³/mol. The Kier molecular flexibility index (Phi) is 4.57. The molecule has 4 heteroatoms. The van der Waals surface area contributed by atoms with Crippen LogP contribution in [0, 0.1) is 0 Å². The van der Waals surface area contributed by atoms with Crippen molar-refractivity contribution in [1.29, 1.82) is 0 Å². The van der Waals surface area contributed by atoms with E-state index in [1.54, 1.807) is 0 Å². The lowest BCUT2D eigenvalue weighted by molar-refractivity contribution is 0.307. The molecule has 0 radical (unpaired) electrons. The zero-order valence-corrected chi connectivity index (χ0v) is 11.0. The van der Waals surface area contributed by atoms with Crippen LogP contribution in [0.3, 0.4) is 0 Å². The van der Waals surface area contributed by atoms with Crippen LogP contribution in [0.4, 0.5) is 0 Å². The largest absolute Gasteiger partial charge is 0.332 e. The Balaban J connectivity index is 1.76. The van der Waals surface area contributed by atoms with Gasteiger partial charge >= 0.3 is 0 Å². The first kappa shape index (κ1) is 12.6. The van der Waals surface area contributed by atoms with Gasteiger partial charge < -0.3 is 14.8 Å². The van der Waals surface area contributed by atoms with Gasteiger partial charge in [-0.2, -0.15) is 0 Å². The van der Waals surface area contributed by atoms with Crippen molar-refractivity contribution in [3.05, 3.63) is 18.2 Å². The van der Waals surface area contributed by atoms with Gasteiger partial charge in [0, 0.05) is 31.9 Å². The number of imidazole rings is 1. The number of rotatable bonds is 8. The van der Waals surface area contributed by atoms with Crippen molar-refractivity contribution in [2.75, 3.05) is 20.1 Å². The van der Waals surface area contributed by atoms with Gasteiger partial charge in [0.05, 0.1) is 12.0 Å². The van der Waals surface area contributed by atoms with E-state index in [1.165, 1.54) is 25.0 Å². The maximum absolute atomic E-state index is 4.24. The van der Waals surface area contributed by atoms with Crippen LogP contribution in [0.25, 0.3) is 0 Å². The minimum Gasteiger partial charge on any atom is -0.332 e. The smallest absolute Gasteiger partial charge is 0.0949 e. The highest BCUT2D eigenvalue weighted by Crippen LogP contribution is 2.24. The van der Waals surface area contributed by atoms with Crippen molar-refractivity contribution < 1.29 is 0 Å². The summed E-state index contributed by atoms with van der Waals surface area (Å²) in [7, 11) is 2.23. The Morgan fingerprint density at radius 3 is 3.06 bits per heavy atom. The molecule has 1 saturated carbocycles. The molecule has 1 N–H and O–H groups in total. The fourth-order valence-corrected chi connectivity index (χ4v) is 2.05. The lowest BCUT2D eigenvalue weighted by Gasteiger charge is -2.17. The summed E-state index contributed by atoms with van der Waals surface area (Å²) in [4.78, 5) is 6.71. The van der Waals surface area contributed by atoms with Crippen LogP contribution in [0.15, 0.2) is 12.5 Å². The molecular formula is C13H24N4. The van der Waals surface area contributed by atoms with Crippen LogP contribution in [-0.4, -0.2) is 40.6 Å². The maximum Gasteiger partial charge on any atom is 0.0949 e. The van der Waals surface area contributed by atoms with Gasteiger partial charge in [-0.25, -0.2) is 4.98 Å². The summed E-state index contributed by atoms with van der Waals surface area (Å²) in [6.07, 6.45) is 7.86.